The highest BCUT2D eigenvalue weighted by Gasteiger charge is 2.14. The van der Waals surface area contributed by atoms with Gasteiger partial charge in [-0.3, -0.25) is 4.79 Å². The molecule has 0 aliphatic heterocycles. The number of fused-ring (bicyclic) bond motifs is 1. The van der Waals surface area contributed by atoms with Crippen LogP contribution >= 0.6 is 0 Å². The molecule has 0 fully saturated rings. The van der Waals surface area contributed by atoms with Crippen LogP contribution in [0.15, 0.2) is 10.9 Å². The lowest BCUT2D eigenvalue weighted by Crippen LogP contribution is -2.15. The zero-order valence-electron chi connectivity index (χ0n) is 10.3. The number of rotatable bonds is 2. The Hall–Kier alpha value is -2.24. The molecule has 0 unspecified atom stereocenters. The summed E-state index contributed by atoms with van der Waals surface area (Å²) in [5, 5.41) is 9.18. The number of H-pyrrole nitrogens is 1. The van der Waals surface area contributed by atoms with Crippen LogP contribution in [-0.2, 0) is 0 Å². The van der Waals surface area contributed by atoms with E-state index in [1.807, 2.05) is 13.8 Å². The molecule has 0 saturated carbocycles. The Morgan fingerprint density at radius 2 is 2.06 bits per heavy atom. The van der Waals surface area contributed by atoms with E-state index in [1.54, 1.807) is 6.92 Å². The van der Waals surface area contributed by atoms with Gasteiger partial charge in [0.15, 0.2) is 5.65 Å². The molecule has 2 N–H and O–H groups in total. The first-order valence-electron chi connectivity index (χ1n) is 5.55. The summed E-state index contributed by atoms with van der Waals surface area (Å²) in [6.45, 7) is 5.39. The van der Waals surface area contributed by atoms with Crippen molar-refractivity contribution >= 4 is 17.0 Å². The lowest BCUT2D eigenvalue weighted by Gasteiger charge is -2.07. The Balaban J connectivity index is 2.81. The molecule has 0 radical (unpaired) electrons. The number of hydrogen-bond acceptors (Lipinski definition) is 4. The van der Waals surface area contributed by atoms with Crippen molar-refractivity contribution in [3.63, 3.8) is 0 Å². The zero-order valence-corrected chi connectivity index (χ0v) is 10.3. The van der Waals surface area contributed by atoms with E-state index in [2.05, 4.69) is 15.0 Å². The average Bonchev–Trinajstić information content (AvgIpc) is 2.27. The van der Waals surface area contributed by atoms with E-state index in [4.69, 9.17) is 5.11 Å². The highest BCUT2D eigenvalue weighted by molar-refractivity contribution is 5.92. The van der Waals surface area contributed by atoms with Gasteiger partial charge in [0.1, 0.15) is 5.82 Å². The fourth-order valence-corrected chi connectivity index (χ4v) is 1.66. The Labute approximate surface area is 103 Å². The number of nitrogens with one attached hydrogen (secondary N) is 1. The predicted octanol–water partition coefficient (Wildman–Crippen LogP) is 1.45. The van der Waals surface area contributed by atoms with Gasteiger partial charge in [-0.2, -0.15) is 0 Å². The van der Waals surface area contributed by atoms with Gasteiger partial charge in [0.05, 0.1) is 16.6 Å². The molecule has 0 amide bonds. The normalized spacial score (nSPS) is 11.1. The fraction of sp³-hybridized carbons (Fsp3) is 0.333. The monoisotopic (exact) mass is 247 g/mol. The minimum atomic E-state index is -1.10. The van der Waals surface area contributed by atoms with Crippen LogP contribution in [0.4, 0.5) is 0 Å². The molecule has 6 heteroatoms. The molecule has 0 atom stereocenters. The number of carboxylic acids is 1. The molecule has 2 aromatic heterocycles. The second-order valence-corrected chi connectivity index (χ2v) is 4.40. The predicted molar refractivity (Wildman–Crippen MR) is 65.9 cm³/mol. The molecule has 2 aromatic rings. The number of hydrogen-bond donors (Lipinski definition) is 2. The zero-order chi connectivity index (χ0) is 13.4. The molecule has 0 aliphatic carbocycles. The van der Waals surface area contributed by atoms with Crippen molar-refractivity contribution in [2.45, 2.75) is 26.7 Å². The molecule has 94 valence electrons. The molecule has 0 spiro atoms. The van der Waals surface area contributed by atoms with Gasteiger partial charge < -0.3 is 10.1 Å². The average molecular weight is 247 g/mol. The smallest absolute Gasteiger partial charge is 0.337 e. The first-order chi connectivity index (χ1) is 8.40. The van der Waals surface area contributed by atoms with Crippen molar-refractivity contribution in [2.24, 2.45) is 0 Å². The quantitative estimate of drug-likeness (QED) is 0.837. The lowest BCUT2D eigenvalue weighted by molar-refractivity contribution is 0.0696. The van der Waals surface area contributed by atoms with Crippen LogP contribution in [0.3, 0.4) is 0 Å². The molecule has 6 nitrogen and oxygen atoms in total. The van der Waals surface area contributed by atoms with E-state index in [0.29, 0.717) is 11.5 Å². The van der Waals surface area contributed by atoms with Crippen LogP contribution in [0, 0.1) is 6.92 Å². The van der Waals surface area contributed by atoms with E-state index < -0.39 is 5.97 Å². The molecule has 0 saturated heterocycles. The van der Waals surface area contributed by atoms with Crippen molar-refractivity contribution in [3.8, 4) is 0 Å². The number of aromatic amines is 1. The van der Waals surface area contributed by atoms with Gasteiger partial charge in [0.25, 0.3) is 5.56 Å². The van der Waals surface area contributed by atoms with Gasteiger partial charge in [0.2, 0.25) is 0 Å². The first-order valence-corrected chi connectivity index (χ1v) is 5.55. The highest BCUT2D eigenvalue weighted by Crippen LogP contribution is 2.14. The van der Waals surface area contributed by atoms with Crippen LogP contribution in [0.1, 0.15) is 41.6 Å². The molecule has 0 bridgehead atoms. The van der Waals surface area contributed by atoms with E-state index in [-0.39, 0.29) is 28.1 Å². The SMILES string of the molecule is Cc1nc2nc(C(C)C)[nH]c(=O)c2cc1C(=O)O. The van der Waals surface area contributed by atoms with Crippen molar-refractivity contribution in [1.29, 1.82) is 0 Å². The van der Waals surface area contributed by atoms with Gasteiger partial charge in [-0.05, 0) is 13.0 Å². The standard InChI is InChI=1S/C12H13N3O3/c1-5(2)9-14-10-8(11(16)15-9)4-7(12(17)18)6(3)13-10/h4-5H,1-3H3,(H,17,18)(H,13,14,15,16). The summed E-state index contributed by atoms with van der Waals surface area (Å²) in [4.78, 5) is 33.8. The molecular weight excluding hydrogens is 234 g/mol. The summed E-state index contributed by atoms with van der Waals surface area (Å²) in [6, 6.07) is 1.32. The summed E-state index contributed by atoms with van der Waals surface area (Å²) in [6.07, 6.45) is 0. The molecular formula is C12H13N3O3. The number of aromatic carboxylic acids is 1. The summed E-state index contributed by atoms with van der Waals surface area (Å²) >= 11 is 0. The molecule has 2 heterocycles. The molecule has 0 aromatic carbocycles. The third-order valence-electron chi connectivity index (χ3n) is 2.68. The first kappa shape index (κ1) is 12.2. The lowest BCUT2D eigenvalue weighted by atomic mass is 10.1. The van der Waals surface area contributed by atoms with Gasteiger partial charge >= 0.3 is 5.97 Å². The minimum Gasteiger partial charge on any atom is -0.478 e. The van der Waals surface area contributed by atoms with Crippen molar-refractivity contribution < 1.29 is 9.90 Å². The molecule has 0 aliphatic rings. The molecule has 2 rings (SSSR count). The van der Waals surface area contributed by atoms with Crippen LogP contribution < -0.4 is 5.56 Å². The summed E-state index contributed by atoms with van der Waals surface area (Å²) < 4.78 is 0. The largest absolute Gasteiger partial charge is 0.478 e. The number of nitrogens with zero attached hydrogens (tertiary/aromatic N) is 2. The Morgan fingerprint density at radius 3 is 2.61 bits per heavy atom. The van der Waals surface area contributed by atoms with E-state index in [1.165, 1.54) is 6.07 Å². The van der Waals surface area contributed by atoms with Gasteiger partial charge in [-0.15, -0.1) is 0 Å². The minimum absolute atomic E-state index is 0.0205. The van der Waals surface area contributed by atoms with Crippen LogP contribution in [0.25, 0.3) is 11.0 Å². The van der Waals surface area contributed by atoms with Gasteiger partial charge in [-0.1, -0.05) is 13.8 Å². The third-order valence-corrected chi connectivity index (χ3v) is 2.68. The molecule has 18 heavy (non-hydrogen) atoms. The van der Waals surface area contributed by atoms with E-state index in [9.17, 15) is 9.59 Å². The Morgan fingerprint density at radius 1 is 1.39 bits per heavy atom. The van der Waals surface area contributed by atoms with Gasteiger partial charge in [-0.25, -0.2) is 14.8 Å². The maximum atomic E-state index is 11.9. The highest BCUT2D eigenvalue weighted by atomic mass is 16.4. The number of carboxylic acid groups (broad SMARTS) is 1. The summed E-state index contributed by atoms with van der Waals surface area (Å²) in [7, 11) is 0. The number of carbonyl (C=O) groups is 1. The maximum absolute atomic E-state index is 11.9. The number of aromatic nitrogens is 3. The Bertz CT molecular complexity index is 689. The van der Waals surface area contributed by atoms with E-state index in [0.717, 1.165) is 0 Å². The van der Waals surface area contributed by atoms with Gasteiger partial charge in [0, 0.05) is 5.92 Å². The Kier molecular flexibility index (Phi) is 2.86. The van der Waals surface area contributed by atoms with Crippen LogP contribution in [0.2, 0.25) is 0 Å². The van der Waals surface area contributed by atoms with E-state index >= 15 is 0 Å². The second kappa shape index (κ2) is 4.21. The van der Waals surface area contributed by atoms with Crippen molar-refractivity contribution in [3.05, 3.63) is 33.5 Å². The van der Waals surface area contributed by atoms with Crippen molar-refractivity contribution in [2.75, 3.05) is 0 Å². The second-order valence-electron chi connectivity index (χ2n) is 4.40. The number of pyridine rings is 1. The topological polar surface area (TPSA) is 95.9 Å². The van der Waals surface area contributed by atoms with Crippen LogP contribution in [-0.4, -0.2) is 26.0 Å². The number of aryl methyl sites for hydroxylation is 1. The fourth-order valence-electron chi connectivity index (χ4n) is 1.66. The van der Waals surface area contributed by atoms with Crippen molar-refractivity contribution in [1.82, 2.24) is 15.0 Å². The summed E-state index contributed by atoms with van der Waals surface area (Å²) in [5.74, 6) is -0.486. The van der Waals surface area contributed by atoms with Crippen LogP contribution in [0.5, 0.6) is 0 Å². The summed E-state index contributed by atoms with van der Waals surface area (Å²) in [5.41, 5.74) is 0.290. The maximum Gasteiger partial charge on any atom is 0.337 e. The third kappa shape index (κ3) is 1.97.